The summed E-state index contributed by atoms with van der Waals surface area (Å²) in [6, 6.07) is 37.6. The molecule has 0 aromatic heterocycles. The molecular formula is C56H44N4O10. The Balaban J connectivity index is 0.644. The summed E-state index contributed by atoms with van der Waals surface area (Å²) in [7, 11) is 0. The lowest BCUT2D eigenvalue weighted by Gasteiger charge is -2.38. The highest BCUT2D eigenvalue weighted by Gasteiger charge is 2.47. The lowest BCUT2D eigenvalue weighted by molar-refractivity contribution is -0.126. The zero-order valence-electron chi connectivity index (χ0n) is 37.8. The van der Waals surface area contributed by atoms with E-state index in [9.17, 15) is 38.4 Å². The number of amides is 4. The van der Waals surface area contributed by atoms with Gasteiger partial charge in [0.25, 0.3) is 11.8 Å². The number of imide groups is 2. The van der Waals surface area contributed by atoms with Crippen molar-refractivity contribution in [3.05, 3.63) is 178 Å². The molecule has 6 aromatic rings. The van der Waals surface area contributed by atoms with Crippen LogP contribution in [0.5, 0.6) is 0 Å². The monoisotopic (exact) mass is 932 g/mol. The van der Waals surface area contributed by atoms with Crippen LogP contribution >= 0.6 is 0 Å². The number of benzene rings is 6. The SMILES string of the molecule is O=C(COC(=O)c1ccc(N2C(=O)CC(N3CCN(C4CC(=O)N(c5ccc(C(=O)OCC(=O)c6ccc7c(c6)Cc6ccccc6-7)cc5)C4=O)CC3)C2=O)cc1)c1ccc2c(c1)Cc1ccccc1-2. The van der Waals surface area contributed by atoms with Crippen molar-refractivity contribution in [3.8, 4) is 22.3 Å². The van der Waals surface area contributed by atoms with Gasteiger partial charge in [-0.05, 0) is 118 Å². The van der Waals surface area contributed by atoms with Gasteiger partial charge in [0.2, 0.25) is 11.8 Å². The van der Waals surface area contributed by atoms with Gasteiger partial charge in [-0.3, -0.25) is 38.6 Å². The Morgan fingerprint density at radius 1 is 0.429 bits per heavy atom. The molecule has 0 bridgehead atoms. The van der Waals surface area contributed by atoms with Crippen LogP contribution in [0, 0.1) is 0 Å². The number of anilines is 2. The maximum Gasteiger partial charge on any atom is 0.338 e. The highest BCUT2D eigenvalue weighted by atomic mass is 16.5. The standard InChI is InChI=1S/C56H44N4O10/c61-49(37-13-19-45-39(27-37)25-35-5-1-3-7-43(35)45)31-69-55(67)33-9-15-41(16-10-33)59-51(63)29-47(53(59)65)57-21-23-58(24-22-57)48-30-52(64)60(54(48)66)42-17-11-34(12-18-42)56(68)70-32-50(62)38-14-20-46-40(28-38)26-36-6-2-4-8-44(36)46/h1-20,27-28,47-48H,21-26,29-32H2. The molecule has 2 atom stereocenters. The molecule has 3 heterocycles. The first-order valence-corrected chi connectivity index (χ1v) is 23.2. The summed E-state index contributed by atoms with van der Waals surface area (Å²) in [5, 5.41) is 0. The van der Waals surface area contributed by atoms with Crippen LogP contribution in [0.2, 0.25) is 0 Å². The van der Waals surface area contributed by atoms with Gasteiger partial charge in [0.1, 0.15) is 0 Å². The molecule has 3 saturated heterocycles. The fraction of sp³-hybridized carbons (Fsp3) is 0.214. The molecular weight excluding hydrogens is 889 g/mol. The summed E-state index contributed by atoms with van der Waals surface area (Å²) >= 11 is 0. The molecule has 2 aliphatic carbocycles. The molecule has 6 aromatic carbocycles. The van der Waals surface area contributed by atoms with Crippen LogP contribution in [0.15, 0.2) is 133 Å². The molecule has 348 valence electrons. The topological polar surface area (TPSA) is 168 Å². The quantitative estimate of drug-likeness (QED) is 0.0744. The summed E-state index contributed by atoms with van der Waals surface area (Å²) in [6.45, 7) is 0.607. The van der Waals surface area contributed by atoms with E-state index in [1.165, 1.54) is 59.7 Å². The van der Waals surface area contributed by atoms with Gasteiger partial charge in [-0.25, -0.2) is 19.4 Å². The molecule has 14 heteroatoms. The minimum atomic E-state index is -0.725. The van der Waals surface area contributed by atoms with Crippen LogP contribution in [0.3, 0.4) is 0 Å². The first kappa shape index (κ1) is 44.3. The average Bonchev–Trinajstić information content (AvgIpc) is 4.13. The number of rotatable bonds is 12. The number of carbonyl (C=O) groups excluding carboxylic acids is 8. The van der Waals surface area contributed by atoms with Gasteiger partial charge in [0, 0.05) is 37.3 Å². The van der Waals surface area contributed by atoms with Crippen molar-refractivity contribution in [2.45, 2.75) is 37.8 Å². The van der Waals surface area contributed by atoms with Crippen LogP contribution in [0.4, 0.5) is 11.4 Å². The second-order valence-electron chi connectivity index (χ2n) is 18.2. The molecule has 0 spiro atoms. The van der Waals surface area contributed by atoms with E-state index in [-0.39, 0.29) is 35.5 Å². The number of hydrogen-bond acceptors (Lipinski definition) is 12. The van der Waals surface area contributed by atoms with Crippen molar-refractivity contribution in [3.63, 3.8) is 0 Å². The van der Waals surface area contributed by atoms with Crippen LogP contribution in [-0.4, -0.2) is 108 Å². The normalized spacial score (nSPS) is 18.4. The molecule has 14 nitrogen and oxygen atoms in total. The van der Waals surface area contributed by atoms with E-state index < -0.39 is 60.9 Å². The van der Waals surface area contributed by atoms with Crippen molar-refractivity contribution in [2.75, 3.05) is 49.2 Å². The van der Waals surface area contributed by atoms with Crippen LogP contribution < -0.4 is 9.80 Å². The number of esters is 2. The Morgan fingerprint density at radius 3 is 1.19 bits per heavy atom. The number of fused-ring (bicyclic) bond motifs is 6. The molecule has 0 N–H and O–H groups in total. The Kier molecular flexibility index (Phi) is 11.4. The first-order valence-electron chi connectivity index (χ1n) is 23.2. The number of nitrogens with zero attached hydrogens (tertiary/aromatic N) is 4. The van der Waals surface area contributed by atoms with Gasteiger partial charge in [-0.1, -0.05) is 72.8 Å². The lowest BCUT2D eigenvalue weighted by atomic mass is 10.0. The molecule has 3 fully saturated rings. The van der Waals surface area contributed by atoms with Gasteiger partial charge < -0.3 is 9.47 Å². The van der Waals surface area contributed by atoms with Crippen molar-refractivity contribution in [1.29, 1.82) is 0 Å². The molecule has 5 aliphatic rings. The average molecular weight is 933 g/mol. The smallest absolute Gasteiger partial charge is 0.338 e. The number of ketones is 2. The number of Topliss-reactive ketones (excluding diaryl/α,β-unsaturated/α-hetero) is 2. The third-order valence-electron chi connectivity index (χ3n) is 14.1. The van der Waals surface area contributed by atoms with Crippen LogP contribution in [-0.2, 0) is 41.5 Å². The van der Waals surface area contributed by atoms with Gasteiger partial charge in [0.05, 0.1) is 47.4 Å². The minimum absolute atomic E-state index is 0.0434. The molecule has 2 unspecified atom stereocenters. The summed E-state index contributed by atoms with van der Waals surface area (Å²) in [6.07, 6.45) is 1.37. The summed E-state index contributed by atoms with van der Waals surface area (Å²) in [5.41, 5.74) is 10.8. The second-order valence-corrected chi connectivity index (χ2v) is 18.2. The molecule has 11 rings (SSSR count). The van der Waals surface area contributed by atoms with Gasteiger partial charge in [0.15, 0.2) is 24.8 Å². The van der Waals surface area contributed by atoms with Crippen molar-refractivity contribution < 1.29 is 47.8 Å². The zero-order chi connectivity index (χ0) is 48.2. The van der Waals surface area contributed by atoms with Crippen molar-refractivity contribution in [1.82, 2.24) is 9.80 Å². The Labute approximate surface area is 402 Å². The minimum Gasteiger partial charge on any atom is -0.454 e. The molecule has 4 amide bonds. The van der Waals surface area contributed by atoms with Gasteiger partial charge >= 0.3 is 11.9 Å². The molecule has 3 aliphatic heterocycles. The van der Waals surface area contributed by atoms with Gasteiger partial charge in [-0.15, -0.1) is 0 Å². The largest absolute Gasteiger partial charge is 0.454 e. The summed E-state index contributed by atoms with van der Waals surface area (Å²) in [4.78, 5) is 112. The van der Waals surface area contributed by atoms with Crippen molar-refractivity contribution >= 4 is 58.5 Å². The van der Waals surface area contributed by atoms with E-state index in [0.29, 0.717) is 48.7 Å². The summed E-state index contributed by atoms with van der Waals surface area (Å²) in [5.74, 6) is -3.68. The Morgan fingerprint density at radius 2 is 0.786 bits per heavy atom. The van der Waals surface area contributed by atoms with Gasteiger partial charge in [-0.2, -0.15) is 0 Å². The van der Waals surface area contributed by atoms with E-state index in [0.717, 1.165) is 56.0 Å². The highest BCUT2D eigenvalue weighted by molar-refractivity contribution is 6.23. The highest BCUT2D eigenvalue weighted by Crippen LogP contribution is 2.38. The van der Waals surface area contributed by atoms with Crippen LogP contribution in [0.25, 0.3) is 22.3 Å². The number of ether oxygens (including phenoxy) is 2. The predicted octanol–water partition coefficient (Wildman–Crippen LogP) is 6.49. The molecule has 0 saturated carbocycles. The third-order valence-corrected chi connectivity index (χ3v) is 14.1. The maximum absolute atomic E-state index is 13.7. The first-order chi connectivity index (χ1) is 34.0. The lowest BCUT2D eigenvalue weighted by Crippen LogP contribution is -2.56. The maximum atomic E-state index is 13.7. The third kappa shape index (κ3) is 8.10. The number of piperazine rings is 1. The second kappa shape index (κ2) is 18.0. The zero-order valence-corrected chi connectivity index (χ0v) is 37.8. The fourth-order valence-corrected chi connectivity index (χ4v) is 10.4. The van der Waals surface area contributed by atoms with Crippen LogP contribution in [0.1, 0.15) is 76.5 Å². The Hall–Kier alpha value is -8.20. The molecule has 70 heavy (non-hydrogen) atoms. The van der Waals surface area contributed by atoms with E-state index >= 15 is 0 Å². The van der Waals surface area contributed by atoms with E-state index in [2.05, 4.69) is 24.3 Å². The van der Waals surface area contributed by atoms with E-state index in [1.54, 1.807) is 12.1 Å². The predicted molar refractivity (Wildman–Crippen MR) is 256 cm³/mol. The van der Waals surface area contributed by atoms with E-state index in [1.807, 2.05) is 58.3 Å². The Bertz CT molecular complexity index is 3000. The number of carbonyl (C=O) groups is 8. The summed E-state index contributed by atoms with van der Waals surface area (Å²) < 4.78 is 10.7. The van der Waals surface area contributed by atoms with Crippen molar-refractivity contribution in [2.24, 2.45) is 0 Å². The van der Waals surface area contributed by atoms with E-state index in [4.69, 9.17) is 9.47 Å². The number of hydrogen-bond donors (Lipinski definition) is 0. The fourth-order valence-electron chi connectivity index (χ4n) is 10.4. The molecule has 0 radical (unpaired) electrons.